The Labute approximate surface area is 242 Å². The lowest BCUT2D eigenvalue weighted by atomic mass is 9.95. The lowest BCUT2D eigenvalue weighted by molar-refractivity contribution is 0.108. The van der Waals surface area contributed by atoms with Crippen LogP contribution in [0.5, 0.6) is 6.01 Å². The summed E-state index contributed by atoms with van der Waals surface area (Å²) >= 11 is 3.70. The van der Waals surface area contributed by atoms with Gasteiger partial charge in [-0.3, -0.25) is 4.90 Å². The zero-order chi connectivity index (χ0) is 26.8. The second-order valence-electron chi connectivity index (χ2n) is 12.0. The highest BCUT2D eigenvalue weighted by Gasteiger charge is 2.45. The molecule has 40 heavy (non-hydrogen) atoms. The van der Waals surface area contributed by atoms with Crippen LogP contribution in [-0.4, -0.2) is 65.3 Å². The molecule has 3 aromatic carbocycles. The largest absolute Gasteiger partial charge is 0.461 e. The van der Waals surface area contributed by atoms with Gasteiger partial charge in [-0.2, -0.15) is 9.97 Å². The van der Waals surface area contributed by atoms with Gasteiger partial charge in [0.25, 0.3) is 0 Å². The summed E-state index contributed by atoms with van der Waals surface area (Å²) in [6.07, 6.45) is 7.03. The van der Waals surface area contributed by atoms with Gasteiger partial charge in [0, 0.05) is 46.0 Å². The SMILES string of the molecule is Fc1c(-c2cccc3cccc(Br)c23)ccc2c(N3C[C@H]4CC[C@@H](C3)N4)nc(OCC34CCCN3CCC4)nc12. The molecule has 4 aliphatic heterocycles. The molecule has 8 heteroatoms. The number of anilines is 1. The number of rotatable bonds is 5. The highest BCUT2D eigenvalue weighted by Crippen LogP contribution is 2.41. The predicted octanol–water partition coefficient (Wildman–Crippen LogP) is 6.30. The van der Waals surface area contributed by atoms with Crippen molar-refractivity contribution < 1.29 is 9.13 Å². The number of aromatic nitrogens is 2. The van der Waals surface area contributed by atoms with Crippen LogP contribution in [0.2, 0.25) is 0 Å². The molecule has 0 amide bonds. The molecule has 1 N–H and O–H groups in total. The Morgan fingerprint density at radius 2 is 1.70 bits per heavy atom. The van der Waals surface area contributed by atoms with E-state index in [1.165, 1.54) is 25.7 Å². The molecule has 0 saturated carbocycles. The Hall–Kier alpha value is -2.81. The number of fused-ring (bicyclic) bond motifs is 5. The van der Waals surface area contributed by atoms with Crippen molar-refractivity contribution in [1.82, 2.24) is 20.2 Å². The topological polar surface area (TPSA) is 53.5 Å². The first-order valence-corrected chi connectivity index (χ1v) is 15.4. The molecule has 0 radical (unpaired) electrons. The zero-order valence-electron chi connectivity index (χ0n) is 22.5. The van der Waals surface area contributed by atoms with E-state index in [4.69, 9.17) is 14.7 Å². The zero-order valence-corrected chi connectivity index (χ0v) is 24.1. The molecule has 4 aliphatic rings. The minimum absolute atomic E-state index is 0.0717. The number of nitrogens with zero attached hydrogens (tertiary/aromatic N) is 4. The molecule has 4 aromatic rings. The van der Waals surface area contributed by atoms with Crippen molar-refractivity contribution in [2.75, 3.05) is 37.7 Å². The summed E-state index contributed by atoms with van der Waals surface area (Å²) in [4.78, 5) is 14.6. The first kappa shape index (κ1) is 24.9. The van der Waals surface area contributed by atoms with Gasteiger partial charge in [-0.1, -0.05) is 52.3 Å². The fraction of sp³-hybridized carbons (Fsp3) is 0.438. The molecule has 0 spiro atoms. The molecular weight excluding hydrogens is 569 g/mol. The second-order valence-corrected chi connectivity index (χ2v) is 12.9. The quantitative estimate of drug-likeness (QED) is 0.290. The minimum atomic E-state index is -0.325. The highest BCUT2D eigenvalue weighted by molar-refractivity contribution is 9.10. The molecule has 2 bridgehead atoms. The van der Waals surface area contributed by atoms with Crippen LogP contribution in [0.15, 0.2) is 53.0 Å². The van der Waals surface area contributed by atoms with Crippen LogP contribution >= 0.6 is 15.9 Å². The molecule has 206 valence electrons. The molecule has 0 aliphatic carbocycles. The van der Waals surface area contributed by atoms with Crippen molar-refractivity contribution in [3.05, 3.63) is 58.8 Å². The summed E-state index contributed by atoms with van der Waals surface area (Å²) in [5.41, 5.74) is 1.79. The number of piperazine rings is 1. The van der Waals surface area contributed by atoms with Gasteiger partial charge < -0.3 is 15.0 Å². The fourth-order valence-corrected chi connectivity index (χ4v) is 8.38. The third-order valence-electron chi connectivity index (χ3n) is 9.71. The van der Waals surface area contributed by atoms with Crippen LogP contribution in [0.1, 0.15) is 38.5 Å². The summed E-state index contributed by atoms with van der Waals surface area (Å²) in [6.45, 7) is 4.55. The number of benzene rings is 3. The van der Waals surface area contributed by atoms with Gasteiger partial charge in [-0.15, -0.1) is 0 Å². The number of nitrogens with one attached hydrogen (secondary N) is 1. The van der Waals surface area contributed by atoms with Crippen molar-refractivity contribution in [2.45, 2.75) is 56.1 Å². The van der Waals surface area contributed by atoms with E-state index in [-0.39, 0.29) is 17.4 Å². The Bertz CT molecular complexity index is 1600. The summed E-state index contributed by atoms with van der Waals surface area (Å²) in [5, 5.41) is 6.51. The van der Waals surface area contributed by atoms with Crippen molar-refractivity contribution in [1.29, 1.82) is 0 Å². The Balaban J connectivity index is 1.25. The summed E-state index contributed by atoms with van der Waals surface area (Å²) in [6, 6.07) is 17.2. The maximum Gasteiger partial charge on any atom is 0.319 e. The maximum atomic E-state index is 16.7. The predicted molar refractivity (Wildman–Crippen MR) is 161 cm³/mol. The van der Waals surface area contributed by atoms with E-state index in [0.717, 1.165) is 71.0 Å². The third kappa shape index (κ3) is 4.02. The van der Waals surface area contributed by atoms with Crippen LogP contribution in [-0.2, 0) is 0 Å². The smallest absolute Gasteiger partial charge is 0.319 e. The Morgan fingerprint density at radius 3 is 2.48 bits per heavy atom. The van der Waals surface area contributed by atoms with E-state index < -0.39 is 0 Å². The van der Waals surface area contributed by atoms with E-state index >= 15 is 4.39 Å². The molecule has 1 aromatic heterocycles. The average Bonchev–Trinajstić information content (AvgIpc) is 3.65. The molecule has 2 atom stereocenters. The number of ether oxygens (including phenoxy) is 1. The monoisotopic (exact) mass is 601 g/mol. The lowest BCUT2D eigenvalue weighted by Crippen LogP contribution is -2.51. The summed E-state index contributed by atoms with van der Waals surface area (Å²) in [5.74, 6) is 0.462. The molecule has 0 unspecified atom stereocenters. The average molecular weight is 603 g/mol. The second kappa shape index (κ2) is 9.64. The number of hydrogen-bond donors (Lipinski definition) is 1. The van der Waals surface area contributed by atoms with E-state index in [0.29, 0.717) is 29.8 Å². The molecule has 4 fully saturated rings. The molecule has 6 nitrogen and oxygen atoms in total. The summed E-state index contributed by atoms with van der Waals surface area (Å²) in [7, 11) is 0. The third-order valence-corrected chi connectivity index (χ3v) is 10.4. The Morgan fingerprint density at radius 1 is 0.950 bits per heavy atom. The number of hydrogen-bond acceptors (Lipinski definition) is 6. The van der Waals surface area contributed by atoms with Gasteiger partial charge in [-0.05, 0) is 74.7 Å². The maximum absolute atomic E-state index is 16.7. The lowest BCUT2D eigenvalue weighted by Gasteiger charge is -2.34. The fourth-order valence-electron chi connectivity index (χ4n) is 7.79. The van der Waals surface area contributed by atoms with E-state index in [1.54, 1.807) is 0 Å². The van der Waals surface area contributed by atoms with E-state index in [1.807, 2.05) is 36.4 Å². The van der Waals surface area contributed by atoms with Gasteiger partial charge >= 0.3 is 6.01 Å². The van der Waals surface area contributed by atoms with Crippen LogP contribution in [0.3, 0.4) is 0 Å². The molecule has 5 heterocycles. The van der Waals surface area contributed by atoms with E-state index in [2.05, 4.69) is 43.2 Å². The van der Waals surface area contributed by atoms with Crippen LogP contribution < -0.4 is 15.0 Å². The van der Waals surface area contributed by atoms with E-state index in [9.17, 15) is 0 Å². The van der Waals surface area contributed by atoms with Crippen LogP contribution in [0.4, 0.5) is 10.2 Å². The first-order chi connectivity index (χ1) is 19.6. The van der Waals surface area contributed by atoms with Gasteiger partial charge in [0.1, 0.15) is 17.9 Å². The molecular formula is C32H33BrFN5O. The van der Waals surface area contributed by atoms with Gasteiger partial charge in [0.2, 0.25) is 0 Å². The normalized spacial score (nSPS) is 23.8. The highest BCUT2D eigenvalue weighted by atomic mass is 79.9. The minimum Gasteiger partial charge on any atom is -0.461 e. The van der Waals surface area contributed by atoms with Crippen molar-refractivity contribution >= 4 is 43.4 Å². The van der Waals surface area contributed by atoms with Gasteiger partial charge in [0.15, 0.2) is 5.82 Å². The van der Waals surface area contributed by atoms with Crippen LogP contribution in [0.25, 0.3) is 32.8 Å². The van der Waals surface area contributed by atoms with Crippen molar-refractivity contribution in [3.8, 4) is 17.1 Å². The van der Waals surface area contributed by atoms with Crippen LogP contribution in [0, 0.1) is 5.82 Å². The molecule has 8 rings (SSSR count). The standard InChI is InChI=1S/C32H33BrFN5O/c33-26-8-2-6-20-5-1-7-23(27(20)26)24-11-12-25-29(28(24)34)36-31(40-19-32-13-3-15-39(32)16-4-14-32)37-30(25)38-17-21-9-10-22(18-38)35-21/h1-2,5-8,11-12,21-22,35H,3-4,9-10,13-19H2/t21-,22+. The van der Waals surface area contributed by atoms with Crippen molar-refractivity contribution in [2.24, 2.45) is 0 Å². The van der Waals surface area contributed by atoms with Gasteiger partial charge in [0.05, 0.1) is 5.54 Å². The Kier molecular flexibility index (Phi) is 6.01. The summed E-state index contributed by atoms with van der Waals surface area (Å²) < 4.78 is 24.0. The molecule has 4 saturated heterocycles. The first-order valence-electron chi connectivity index (χ1n) is 14.6. The van der Waals surface area contributed by atoms with Gasteiger partial charge in [-0.25, -0.2) is 4.39 Å². The van der Waals surface area contributed by atoms with Crippen molar-refractivity contribution in [3.63, 3.8) is 0 Å². The number of halogens is 2.